The molecule has 1 aliphatic heterocycles. The van der Waals surface area contributed by atoms with Crippen LogP contribution >= 0.6 is 0 Å². The zero-order valence-corrected chi connectivity index (χ0v) is 22.5. The molecule has 1 heterocycles. The van der Waals surface area contributed by atoms with Crippen molar-refractivity contribution in [2.24, 2.45) is 0 Å². The van der Waals surface area contributed by atoms with E-state index in [9.17, 15) is 19.1 Å². The third kappa shape index (κ3) is 6.82. The van der Waals surface area contributed by atoms with Crippen LogP contribution in [0, 0.1) is 5.82 Å². The molecule has 0 aromatic heterocycles. The third-order valence-electron chi connectivity index (χ3n) is 7.32. The molecule has 6 nitrogen and oxygen atoms in total. The summed E-state index contributed by atoms with van der Waals surface area (Å²) in [5.74, 6) is -0.992. The lowest BCUT2D eigenvalue weighted by molar-refractivity contribution is -0.153. The molecule has 38 heavy (non-hydrogen) atoms. The molecule has 1 unspecified atom stereocenters. The topological polar surface area (TPSA) is 72.9 Å². The number of carbonyl (C=O) groups excluding carboxylic acids is 2. The molecule has 1 aromatic rings. The van der Waals surface area contributed by atoms with Crippen LogP contribution < -0.4 is 5.32 Å². The zero-order valence-electron chi connectivity index (χ0n) is 22.5. The smallest absolute Gasteiger partial charge is 0.271 e. The van der Waals surface area contributed by atoms with Gasteiger partial charge in [0.25, 0.3) is 5.91 Å². The molecule has 0 radical (unpaired) electrons. The largest absolute Gasteiger partial charge is 0.516 e. The Morgan fingerprint density at radius 2 is 1.95 bits per heavy atom. The Balaban J connectivity index is 2.13. The minimum Gasteiger partial charge on any atom is -0.516 e. The second kappa shape index (κ2) is 13.8. The SMILES string of the molecule is C=C(/C=C\O)N1CC(C/C=C\C=C/C)(C(=O)NC2CCCCCC2)N(Cc2cccc(F)c2)C(=O)/C1=C/C. The highest BCUT2D eigenvalue weighted by Crippen LogP contribution is 2.36. The van der Waals surface area contributed by atoms with Crippen molar-refractivity contribution in [1.29, 1.82) is 0 Å². The van der Waals surface area contributed by atoms with E-state index < -0.39 is 11.4 Å². The highest BCUT2D eigenvalue weighted by atomic mass is 19.1. The molecule has 2 amide bonds. The predicted octanol–water partition coefficient (Wildman–Crippen LogP) is 6.06. The highest BCUT2D eigenvalue weighted by Gasteiger charge is 2.52. The molecule has 1 atom stereocenters. The van der Waals surface area contributed by atoms with Gasteiger partial charge in [0, 0.05) is 18.3 Å². The molecule has 0 spiro atoms. The number of aliphatic hydroxyl groups excluding tert-OH is 1. The number of nitrogens with one attached hydrogen (secondary N) is 1. The predicted molar refractivity (Wildman–Crippen MR) is 149 cm³/mol. The standard InChI is InChI=1S/C31H40FN3O3/c1-4-6-7-12-19-31(30(38)33-27-16-10-8-9-11-17-27)23-34(24(3)18-20-36)28(5-2)29(37)35(31)22-25-14-13-15-26(32)21-25/h4-7,12-15,18,20-21,27,36H,3,8-11,16-17,19,22-23H2,1-2H3,(H,33,38)/b6-4-,12-7-,20-18-,28-5-. The maximum atomic E-state index is 14.3. The van der Waals surface area contributed by atoms with E-state index in [4.69, 9.17) is 0 Å². The first-order valence-corrected chi connectivity index (χ1v) is 13.4. The van der Waals surface area contributed by atoms with Crippen LogP contribution in [0.4, 0.5) is 4.39 Å². The number of hydrogen-bond donors (Lipinski definition) is 2. The van der Waals surface area contributed by atoms with Gasteiger partial charge in [0.1, 0.15) is 17.1 Å². The maximum Gasteiger partial charge on any atom is 0.271 e. The summed E-state index contributed by atoms with van der Waals surface area (Å²) in [6.07, 6.45) is 17.9. The zero-order chi connectivity index (χ0) is 27.5. The van der Waals surface area contributed by atoms with Crippen LogP contribution in [0.5, 0.6) is 0 Å². The van der Waals surface area contributed by atoms with Crippen molar-refractivity contribution in [2.45, 2.75) is 76.9 Å². The normalized spacial score (nSPS) is 22.6. The van der Waals surface area contributed by atoms with E-state index in [2.05, 4.69) is 11.9 Å². The minimum atomic E-state index is -1.30. The molecule has 1 saturated carbocycles. The fourth-order valence-electron chi connectivity index (χ4n) is 5.29. The number of amides is 2. The van der Waals surface area contributed by atoms with Crippen LogP contribution in [-0.2, 0) is 16.1 Å². The van der Waals surface area contributed by atoms with Crippen molar-refractivity contribution in [3.63, 3.8) is 0 Å². The number of halogens is 1. The first-order valence-electron chi connectivity index (χ1n) is 13.4. The number of allylic oxidation sites excluding steroid dienone is 5. The van der Waals surface area contributed by atoms with Crippen LogP contribution in [-0.4, -0.2) is 44.8 Å². The fourth-order valence-corrected chi connectivity index (χ4v) is 5.29. The van der Waals surface area contributed by atoms with Crippen molar-refractivity contribution >= 4 is 11.8 Å². The summed E-state index contributed by atoms with van der Waals surface area (Å²) >= 11 is 0. The number of rotatable bonds is 9. The molecule has 7 heteroatoms. The minimum absolute atomic E-state index is 0.0321. The van der Waals surface area contributed by atoms with Gasteiger partial charge in [0.15, 0.2) is 0 Å². The maximum absolute atomic E-state index is 14.3. The van der Waals surface area contributed by atoms with E-state index in [1.165, 1.54) is 18.2 Å². The Labute approximate surface area is 225 Å². The summed E-state index contributed by atoms with van der Waals surface area (Å²) in [5.41, 5.74) is 0.0377. The van der Waals surface area contributed by atoms with Crippen molar-refractivity contribution in [3.8, 4) is 0 Å². The summed E-state index contributed by atoms with van der Waals surface area (Å²) in [6.45, 7) is 7.90. The van der Waals surface area contributed by atoms with E-state index in [0.717, 1.165) is 44.8 Å². The van der Waals surface area contributed by atoms with Crippen LogP contribution in [0.3, 0.4) is 0 Å². The van der Waals surface area contributed by atoms with E-state index in [-0.39, 0.29) is 37.4 Å². The molecule has 0 bridgehead atoms. The number of piperazine rings is 1. The van der Waals surface area contributed by atoms with Gasteiger partial charge in [-0.3, -0.25) is 9.59 Å². The Morgan fingerprint density at radius 1 is 1.21 bits per heavy atom. The Bertz CT molecular complexity index is 1120. The first-order chi connectivity index (χ1) is 18.4. The monoisotopic (exact) mass is 521 g/mol. The van der Waals surface area contributed by atoms with Crippen molar-refractivity contribution < 1.29 is 19.1 Å². The van der Waals surface area contributed by atoms with E-state index in [1.807, 2.05) is 31.2 Å². The number of benzene rings is 1. The molecule has 2 N–H and O–H groups in total. The summed E-state index contributed by atoms with van der Waals surface area (Å²) in [4.78, 5) is 31.7. The lowest BCUT2D eigenvalue weighted by atomic mass is 9.85. The molecule has 3 rings (SSSR count). The van der Waals surface area contributed by atoms with Crippen LogP contribution in [0.25, 0.3) is 0 Å². The molecule has 2 fully saturated rings. The van der Waals surface area contributed by atoms with Crippen LogP contribution in [0.2, 0.25) is 0 Å². The molecular weight excluding hydrogens is 481 g/mol. The highest BCUT2D eigenvalue weighted by molar-refractivity contribution is 6.01. The lowest BCUT2D eigenvalue weighted by Crippen LogP contribution is -2.69. The van der Waals surface area contributed by atoms with Gasteiger partial charge in [0.2, 0.25) is 5.91 Å². The number of nitrogens with zero attached hydrogens (tertiary/aromatic N) is 2. The van der Waals surface area contributed by atoms with Gasteiger partial charge >= 0.3 is 0 Å². The molecule has 1 saturated heterocycles. The van der Waals surface area contributed by atoms with Gasteiger partial charge in [0.05, 0.1) is 12.8 Å². The Hall–Kier alpha value is -3.61. The summed E-state index contributed by atoms with van der Waals surface area (Å²) < 4.78 is 14.1. The van der Waals surface area contributed by atoms with E-state index >= 15 is 0 Å². The van der Waals surface area contributed by atoms with Gasteiger partial charge in [-0.05, 0) is 56.9 Å². The molecule has 2 aliphatic rings. The quantitative estimate of drug-likeness (QED) is 0.179. The van der Waals surface area contributed by atoms with E-state index in [0.29, 0.717) is 17.0 Å². The fraction of sp³-hybridized carbons (Fsp3) is 0.419. The number of hydrogen-bond acceptors (Lipinski definition) is 4. The summed E-state index contributed by atoms with van der Waals surface area (Å²) in [6, 6.07) is 6.15. The molecule has 1 aromatic carbocycles. The second-order valence-electron chi connectivity index (χ2n) is 9.94. The van der Waals surface area contributed by atoms with E-state index in [1.54, 1.807) is 34.9 Å². The number of carbonyl (C=O) groups is 2. The average molecular weight is 522 g/mol. The lowest BCUT2D eigenvalue weighted by Gasteiger charge is -2.51. The van der Waals surface area contributed by atoms with Crippen molar-refractivity contribution in [2.75, 3.05) is 6.54 Å². The third-order valence-corrected chi connectivity index (χ3v) is 7.32. The van der Waals surface area contributed by atoms with Gasteiger partial charge < -0.3 is 20.2 Å². The summed E-state index contributed by atoms with van der Waals surface area (Å²) in [5, 5.41) is 12.7. The van der Waals surface area contributed by atoms with Gasteiger partial charge in [-0.2, -0.15) is 0 Å². The van der Waals surface area contributed by atoms with Gasteiger partial charge in [-0.1, -0.05) is 74.8 Å². The van der Waals surface area contributed by atoms with Crippen molar-refractivity contribution in [1.82, 2.24) is 15.1 Å². The van der Waals surface area contributed by atoms with Gasteiger partial charge in [-0.25, -0.2) is 4.39 Å². The Morgan fingerprint density at radius 3 is 2.58 bits per heavy atom. The van der Waals surface area contributed by atoms with Crippen molar-refractivity contribution in [3.05, 3.63) is 96.3 Å². The van der Waals surface area contributed by atoms with Gasteiger partial charge in [-0.15, -0.1) is 0 Å². The number of aliphatic hydroxyl groups is 1. The summed E-state index contributed by atoms with van der Waals surface area (Å²) in [7, 11) is 0. The molecular formula is C31H40FN3O3. The molecule has 1 aliphatic carbocycles. The Kier molecular flexibility index (Phi) is 10.5. The first kappa shape index (κ1) is 29.0. The average Bonchev–Trinajstić information content (AvgIpc) is 3.17. The van der Waals surface area contributed by atoms with Crippen LogP contribution in [0.15, 0.2) is 85.0 Å². The van der Waals surface area contributed by atoms with Crippen LogP contribution in [0.1, 0.15) is 64.4 Å². The second-order valence-corrected chi connectivity index (χ2v) is 9.94. The molecule has 204 valence electrons.